The predicted molar refractivity (Wildman–Crippen MR) is 147 cm³/mol. The SMILES string of the molecule is CCCCC/C=C\C[C@]1(O[Si](C)(C)C(C)(C)C)C=CC(=O)/C1=C/C=C\[C@@H](CCC(=O)OC)OC(C)=O. The molecule has 202 valence electrons. The monoisotopic (exact) mass is 518 g/mol. The fourth-order valence-corrected chi connectivity index (χ4v) is 5.15. The quantitative estimate of drug-likeness (QED) is 0.0829. The first kappa shape index (κ1) is 31.8. The van der Waals surface area contributed by atoms with Crippen molar-refractivity contribution in [2.45, 2.75) is 109 Å². The molecule has 2 atom stereocenters. The summed E-state index contributed by atoms with van der Waals surface area (Å²) in [5.74, 6) is -0.900. The maximum absolute atomic E-state index is 13.0. The number of ether oxygens (including phenoxy) is 2. The molecule has 0 heterocycles. The van der Waals surface area contributed by atoms with Gasteiger partial charge in [-0.2, -0.15) is 0 Å². The Morgan fingerprint density at radius 1 is 1.17 bits per heavy atom. The fourth-order valence-electron chi connectivity index (χ4n) is 3.67. The molecule has 0 N–H and O–H groups in total. The number of carbonyl (C=O) groups excluding carboxylic acids is 3. The normalized spacial score (nSPS) is 20.6. The standard InChI is InChI=1S/C29H46O6Si/c1-9-10-11-12-13-14-21-29(35-36(7,8)28(3,4)5)22-20-26(31)25(29)17-15-16-24(34-23(2)30)18-19-27(32)33-6/h13-17,20,22,24H,9-12,18-19,21H2,1-8H3/b14-13-,16-15-,25-17-/t24-,29-/m0/s1. The van der Waals surface area contributed by atoms with Crippen molar-refractivity contribution >= 4 is 26.0 Å². The van der Waals surface area contributed by atoms with Crippen LogP contribution in [0.5, 0.6) is 0 Å². The molecule has 0 saturated carbocycles. The van der Waals surface area contributed by atoms with E-state index in [4.69, 9.17) is 9.16 Å². The molecule has 0 aliphatic heterocycles. The van der Waals surface area contributed by atoms with Gasteiger partial charge in [0.1, 0.15) is 11.7 Å². The number of esters is 2. The Morgan fingerprint density at radius 2 is 1.86 bits per heavy atom. The molecule has 1 aliphatic carbocycles. The van der Waals surface area contributed by atoms with Gasteiger partial charge in [0.05, 0.1) is 7.11 Å². The highest BCUT2D eigenvalue weighted by atomic mass is 28.4. The Labute approximate surface area is 219 Å². The molecule has 0 radical (unpaired) electrons. The van der Waals surface area contributed by atoms with Gasteiger partial charge in [-0.3, -0.25) is 14.4 Å². The summed E-state index contributed by atoms with van der Waals surface area (Å²) in [6.07, 6.45) is 17.9. The maximum Gasteiger partial charge on any atom is 0.305 e. The lowest BCUT2D eigenvalue weighted by Crippen LogP contribution is -2.49. The fraction of sp³-hybridized carbons (Fsp3) is 0.621. The molecule has 0 spiro atoms. The van der Waals surface area contributed by atoms with Gasteiger partial charge < -0.3 is 13.9 Å². The zero-order chi connectivity index (χ0) is 27.4. The molecule has 1 rings (SSSR count). The van der Waals surface area contributed by atoms with Crippen molar-refractivity contribution in [3.8, 4) is 0 Å². The molecule has 0 aromatic heterocycles. The van der Waals surface area contributed by atoms with Crippen molar-refractivity contribution in [2.75, 3.05) is 7.11 Å². The molecular formula is C29H46O6Si. The van der Waals surface area contributed by atoms with Crippen LogP contribution in [-0.4, -0.2) is 44.9 Å². The lowest BCUT2D eigenvalue weighted by Gasteiger charge is -2.43. The molecule has 0 amide bonds. The number of hydrogen-bond donors (Lipinski definition) is 0. The second-order valence-corrected chi connectivity index (χ2v) is 15.6. The number of carbonyl (C=O) groups is 3. The molecule has 36 heavy (non-hydrogen) atoms. The molecule has 0 fully saturated rings. The Balaban J connectivity index is 3.27. The summed E-state index contributed by atoms with van der Waals surface area (Å²) in [5.41, 5.74) is -0.273. The van der Waals surface area contributed by atoms with Crippen LogP contribution in [0.4, 0.5) is 0 Å². The third-order valence-corrected chi connectivity index (χ3v) is 11.3. The minimum atomic E-state index is -2.23. The highest BCUT2D eigenvalue weighted by molar-refractivity contribution is 6.74. The molecule has 6 nitrogen and oxygen atoms in total. The Morgan fingerprint density at radius 3 is 2.44 bits per heavy atom. The average molecular weight is 519 g/mol. The number of methoxy groups -OCH3 is 1. The number of unbranched alkanes of at least 4 members (excludes halogenated alkanes) is 3. The van der Waals surface area contributed by atoms with Gasteiger partial charge in [-0.15, -0.1) is 0 Å². The largest absolute Gasteiger partial charge is 0.469 e. The average Bonchev–Trinajstić information content (AvgIpc) is 3.07. The van der Waals surface area contributed by atoms with Crippen molar-refractivity contribution in [3.05, 3.63) is 48.1 Å². The molecule has 7 heteroatoms. The number of allylic oxidation sites excluding steroid dienone is 4. The van der Waals surface area contributed by atoms with E-state index in [0.717, 1.165) is 12.8 Å². The number of rotatable bonds is 14. The van der Waals surface area contributed by atoms with Crippen molar-refractivity contribution in [1.82, 2.24) is 0 Å². The van der Waals surface area contributed by atoms with Gasteiger partial charge in [0, 0.05) is 25.3 Å². The summed E-state index contributed by atoms with van der Waals surface area (Å²) in [6, 6.07) is 0. The van der Waals surface area contributed by atoms with Crippen LogP contribution in [0.25, 0.3) is 0 Å². The highest BCUT2D eigenvalue weighted by Crippen LogP contribution is 2.44. The van der Waals surface area contributed by atoms with Gasteiger partial charge in [-0.25, -0.2) is 0 Å². The summed E-state index contributed by atoms with van der Waals surface area (Å²) in [6.45, 7) is 14.4. The summed E-state index contributed by atoms with van der Waals surface area (Å²) >= 11 is 0. The summed E-state index contributed by atoms with van der Waals surface area (Å²) in [4.78, 5) is 36.1. The zero-order valence-electron chi connectivity index (χ0n) is 23.5. The Hall–Kier alpha value is -2.25. The second kappa shape index (κ2) is 14.5. The van der Waals surface area contributed by atoms with E-state index in [0.29, 0.717) is 18.4 Å². The van der Waals surface area contributed by atoms with Crippen molar-refractivity contribution in [3.63, 3.8) is 0 Å². The van der Waals surface area contributed by atoms with Crippen molar-refractivity contribution in [2.24, 2.45) is 0 Å². The van der Waals surface area contributed by atoms with E-state index in [1.54, 1.807) is 24.3 Å². The first-order chi connectivity index (χ1) is 16.8. The third kappa shape index (κ3) is 10.0. The van der Waals surface area contributed by atoms with Gasteiger partial charge in [0.15, 0.2) is 14.1 Å². The summed E-state index contributed by atoms with van der Waals surface area (Å²) in [7, 11) is -0.908. The molecule has 0 aromatic rings. The van der Waals surface area contributed by atoms with E-state index < -0.39 is 26.0 Å². The maximum atomic E-state index is 13.0. The molecule has 0 saturated heterocycles. The number of ketones is 1. The van der Waals surface area contributed by atoms with Crippen LogP contribution in [0, 0.1) is 0 Å². The van der Waals surface area contributed by atoms with E-state index in [9.17, 15) is 14.4 Å². The van der Waals surface area contributed by atoms with Crippen LogP contribution in [0.15, 0.2) is 48.1 Å². The van der Waals surface area contributed by atoms with Crippen LogP contribution in [-0.2, 0) is 28.3 Å². The van der Waals surface area contributed by atoms with Crippen LogP contribution >= 0.6 is 0 Å². The molecule has 0 aromatic carbocycles. The Kier molecular flexibility index (Phi) is 12.8. The molecule has 0 bridgehead atoms. The Bertz CT molecular complexity index is 875. The smallest absolute Gasteiger partial charge is 0.305 e. The highest BCUT2D eigenvalue weighted by Gasteiger charge is 2.48. The minimum Gasteiger partial charge on any atom is -0.469 e. The van der Waals surface area contributed by atoms with Crippen LogP contribution in [0.3, 0.4) is 0 Å². The van der Waals surface area contributed by atoms with Gasteiger partial charge in [0.2, 0.25) is 0 Å². The predicted octanol–water partition coefficient (Wildman–Crippen LogP) is 6.78. The van der Waals surface area contributed by atoms with E-state index in [1.807, 2.05) is 6.08 Å². The van der Waals surface area contributed by atoms with Gasteiger partial charge in [-0.1, -0.05) is 64.8 Å². The number of hydrogen-bond acceptors (Lipinski definition) is 6. The molecular weight excluding hydrogens is 472 g/mol. The summed E-state index contributed by atoms with van der Waals surface area (Å²) < 4.78 is 16.9. The third-order valence-electron chi connectivity index (χ3n) is 6.80. The topological polar surface area (TPSA) is 78.9 Å². The van der Waals surface area contributed by atoms with Crippen LogP contribution in [0.2, 0.25) is 18.1 Å². The van der Waals surface area contributed by atoms with E-state index >= 15 is 0 Å². The van der Waals surface area contributed by atoms with Crippen molar-refractivity contribution in [1.29, 1.82) is 0 Å². The van der Waals surface area contributed by atoms with Crippen LogP contribution in [0.1, 0.15) is 79.6 Å². The van der Waals surface area contributed by atoms with Gasteiger partial charge >= 0.3 is 11.9 Å². The lowest BCUT2D eigenvalue weighted by molar-refractivity contribution is -0.147. The second-order valence-electron chi connectivity index (χ2n) is 10.8. The lowest BCUT2D eigenvalue weighted by atomic mass is 9.92. The molecule has 0 unspecified atom stereocenters. The van der Waals surface area contributed by atoms with Crippen molar-refractivity contribution < 1.29 is 28.3 Å². The summed E-state index contributed by atoms with van der Waals surface area (Å²) in [5, 5.41) is -0.0282. The van der Waals surface area contributed by atoms with E-state index in [2.05, 4.69) is 57.7 Å². The first-order valence-corrected chi connectivity index (χ1v) is 15.9. The minimum absolute atomic E-state index is 0.0282. The van der Waals surface area contributed by atoms with E-state index in [-0.39, 0.29) is 23.2 Å². The van der Waals surface area contributed by atoms with Crippen LogP contribution < -0.4 is 0 Å². The van der Waals surface area contributed by atoms with E-state index in [1.165, 1.54) is 26.9 Å². The first-order valence-electron chi connectivity index (χ1n) is 13.0. The van der Waals surface area contributed by atoms with Gasteiger partial charge in [0.25, 0.3) is 0 Å². The van der Waals surface area contributed by atoms with Gasteiger partial charge in [-0.05, 0) is 55.6 Å². The molecule has 1 aliphatic rings. The zero-order valence-corrected chi connectivity index (χ0v) is 24.5.